The van der Waals surface area contributed by atoms with Gasteiger partial charge in [-0.15, -0.1) is 0 Å². The Morgan fingerprint density at radius 1 is 1.06 bits per heavy atom. The summed E-state index contributed by atoms with van der Waals surface area (Å²) < 4.78 is 0. The number of aliphatic hydroxyl groups excluding tert-OH is 1. The van der Waals surface area contributed by atoms with Crippen molar-refractivity contribution >= 4 is 23.2 Å². The van der Waals surface area contributed by atoms with Crippen molar-refractivity contribution in [3.63, 3.8) is 0 Å². The van der Waals surface area contributed by atoms with Crippen LogP contribution in [-0.2, 0) is 0 Å². The van der Waals surface area contributed by atoms with Crippen LogP contribution in [0, 0.1) is 0 Å². The minimum atomic E-state index is -0.443. The Morgan fingerprint density at radius 3 is 2.44 bits per heavy atom. The Labute approximate surface area is 186 Å². The fourth-order valence-corrected chi connectivity index (χ4v) is 3.62. The number of benzene rings is 2. The lowest BCUT2D eigenvalue weighted by Gasteiger charge is -2.28. The molecule has 32 heavy (non-hydrogen) atoms. The van der Waals surface area contributed by atoms with Crippen LogP contribution < -0.4 is 11.1 Å². The van der Waals surface area contributed by atoms with Crippen molar-refractivity contribution in [1.29, 1.82) is 0 Å². The third-order valence-corrected chi connectivity index (χ3v) is 5.47. The lowest BCUT2D eigenvalue weighted by molar-refractivity contribution is 0.0711. The Balaban J connectivity index is 1.46. The van der Waals surface area contributed by atoms with Crippen molar-refractivity contribution in [2.45, 2.75) is 18.9 Å². The van der Waals surface area contributed by atoms with Gasteiger partial charge in [-0.1, -0.05) is 42.5 Å². The zero-order chi connectivity index (χ0) is 22.5. The van der Waals surface area contributed by atoms with Crippen LogP contribution in [0.15, 0.2) is 60.8 Å². The molecule has 2 heterocycles. The second-order valence-corrected chi connectivity index (χ2v) is 7.82. The number of carbonyl (C=O) groups excluding carboxylic acids is 2. The van der Waals surface area contributed by atoms with Crippen LogP contribution in [0.5, 0.6) is 0 Å². The fraction of sp³-hybridized carbons (Fsp3) is 0.250. The number of nitrogens with zero attached hydrogens (tertiary/aromatic N) is 3. The van der Waals surface area contributed by atoms with Gasteiger partial charge in [-0.2, -0.15) is 0 Å². The van der Waals surface area contributed by atoms with Crippen molar-refractivity contribution in [1.82, 2.24) is 14.9 Å². The van der Waals surface area contributed by atoms with E-state index in [0.29, 0.717) is 36.3 Å². The minimum Gasteiger partial charge on any atom is -0.393 e. The molecule has 164 valence electrons. The molecule has 0 radical (unpaired) electrons. The van der Waals surface area contributed by atoms with Gasteiger partial charge in [0.1, 0.15) is 0 Å². The number of piperidine rings is 1. The maximum Gasteiger partial charge on any atom is 0.278 e. The number of carbonyl (C=O) groups is 2. The van der Waals surface area contributed by atoms with Crippen LogP contribution in [0.2, 0.25) is 0 Å². The molecular formula is C24H25N5O3. The van der Waals surface area contributed by atoms with Crippen molar-refractivity contribution in [3.8, 4) is 11.3 Å². The summed E-state index contributed by atoms with van der Waals surface area (Å²) in [6.07, 6.45) is 2.64. The minimum absolute atomic E-state index is 0.0271. The number of aliphatic hydroxyl groups is 1. The first-order valence-corrected chi connectivity index (χ1v) is 10.5. The topological polar surface area (TPSA) is 121 Å². The first-order valence-electron chi connectivity index (χ1n) is 10.5. The molecule has 4 N–H and O–H groups in total. The number of hydrogen-bond donors (Lipinski definition) is 3. The molecule has 4 rings (SSSR count). The van der Waals surface area contributed by atoms with Gasteiger partial charge in [0, 0.05) is 29.9 Å². The normalized spacial score (nSPS) is 14.8. The molecule has 2 aromatic carbocycles. The summed E-state index contributed by atoms with van der Waals surface area (Å²) >= 11 is 0. The fourth-order valence-electron chi connectivity index (χ4n) is 3.62. The maximum atomic E-state index is 12.6. The van der Waals surface area contributed by atoms with Gasteiger partial charge in [0.2, 0.25) is 0 Å². The van der Waals surface area contributed by atoms with Crippen LogP contribution in [0.1, 0.15) is 33.7 Å². The summed E-state index contributed by atoms with van der Waals surface area (Å²) in [5.41, 5.74) is 8.37. The smallest absolute Gasteiger partial charge is 0.278 e. The number of ketones is 1. The molecule has 1 saturated heterocycles. The number of aromatic nitrogens is 2. The van der Waals surface area contributed by atoms with Crippen LogP contribution in [0.3, 0.4) is 0 Å². The Bertz CT molecular complexity index is 1090. The number of para-hydroxylation sites is 1. The quantitative estimate of drug-likeness (QED) is 0.513. The zero-order valence-electron chi connectivity index (χ0n) is 17.6. The number of hydrogen-bond acceptors (Lipinski definition) is 7. The largest absolute Gasteiger partial charge is 0.393 e. The molecule has 1 aromatic heterocycles. The SMILES string of the molecule is Nc1ncc(-c2ccc(C(=O)CN3CCC(O)CC3)cc2)nc1C(=O)Nc1ccccc1. The molecule has 1 fully saturated rings. The molecule has 0 spiro atoms. The van der Waals surface area contributed by atoms with Crippen molar-refractivity contribution in [3.05, 3.63) is 72.1 Å². The van der Waals surface area contributed by atoms with Gasteiger partial charge in [-0.05, 0) is 25.0 Å². The molecule has 1 amide bonds. The third-order valence-electron chi connectivity index (χ3n) is 5.47. The highest BCUT2D eigenvalue weighted by Crippen LogP contribution is 2.21. The molecule has 0 bridgehead atoms. The Hall–Kier alpha value is -3.62. The van der Waals surface area contributed by atoms with Crippen LogP contribution in [0.4, 0.5) is 11.5 Å². The molecule has 1 aliphatic rings. The van der Waals surface area contributed by atoms with E-state index in [1.54, 1.807) is 36.4 Å². The summed E-state index contributed by atoms with van der Waals surface area (Å²) in [5.74, 6) is -0.374. The van der Waals surface area contributed by atoms with Gasteiger partial charge in [-0.3, -0.25) is 14.5 Å². The number of anilines is 2. The van der Waals surface area contributed by atoms with E-state index in [1.165, 1.54) is 6.20 Å². The average Bonchev–Trinajstić information content (AvgIpc) is 2.81. The van der Waals surface area contributed by atoms with Crippen LogP contribution in [0.25, 0.3) is 11.3 Å². The van der Waals surface area contributed by atoms with E-state index in [0.717, 1.165) is 18.7 Å². The molecule has 8 heteroatoms. The average molecular weight is 431 g/mol. The molecule has 8 nitrogen and oxygen atoms in total. The molecule has 1 aliphatic heterocycles. The summed E-state index contributed by atoms with van der Waals surface area (Å²) in [5, 5.41) is 12.4. The maximum absolute atomic E-state index is 12.6. The van der Waals surface area contributed by atoms with E-state index >= 15 is 0 Å². The van der Waals surface area contributed by atoms with Crippen molar-refractivity contribution in [2.75, 3.05) is 30.7 Å². The van der Waals surface area contributed by atoms with Gasteiger partial charge in [-0.25, -0.2) is 9.97 Å². The molecule has 0 saturated carbocycles. The summed E-state index contributed by atoms with van der Waals surface area (Å²) in [7, 11) is 0. The predicted molar refractivity (Wildman–Crippen MR) is 122 cm³/mol. The Morgan fingerprint density at radius 2 is 1.75 bits per heavy atom. The third kappa shape index (κ3) is 5.16. The lowest BCUT2D eigenvalue weighted by Crippen LogP contribution is -2.39. The second-order valence-electron chi connectivity index (χ2n) is 7.82. The van der Waals surface area contributed by atoms with Crippen LogP contribution in [-0.4, -0.2) is 57.4 Å². The van der Waals surface area contributed by atoms with Gasteiger partial charge < -0.3 is 16.2 Å². The van der Waals surface area contributed by atoms with Crippen LogP contribution >= 0.6 is 0 Å². The van der Waals surface area contributed by atoms with Gasteiger partial charge in [0.15, 0.2) is 17.3 Å². The number of nitrogens with one attached hydrogen (secondary N) is 1. The lowest BCUT2D eigenvalue weighted by atomic mass is 10.0. The molecule has 0 aliphatic carbocycles. The number of nitrogens with two attached hydrogens (primary N) is 1. The highest BCUT2D eigenvalue weighted by atomic mass is 16.3. The van der Waals surface area contributed by atoms with E-state index in [-0.39, 0.29) is 23.4 Å². The Kier molecular flexibility index (Phi) is 6.53. The van der Waals surface area contributed by atoms with Gasteiger partial charge >= 0.3 is 0 Å². The molecular weight excluding hydrogens is 406 g/mol. The highest BCUT2D eigenvalue weighted by molar-refractivity contribution is 6.06. The summed E-state index contributed by atoms with van der Waals surface area (Å²) in [6.45, 7) is 1.78. The van der Waals surface area contributed by atoms with Crippen molar-refractivity contribution < 1.29 is 14.7 Å². The van der Waals surface area contributed by atoms with Gasteiger partial charge in [0.25, 0.3) is 5.91 Å². The number of Topliss-reactive ketones (excluding diaryl/α,β-unsaturated/α-hetero) is 1. The number of rotatable bonds is 6. The molecule has 0 unspecified atom stereocenters. The standard InChI is InChI=1S/C24H25N5O3/c25-23-22(24(32)27-18-4-2-1-3-5-18)28-20(14-26-23)16-6-8-17(9-7-16)21(31)15-29-12-10-19(30)11-13-29/h1-9,14,19,30H,10-13,15H2,(H2,25,26)(H,27,32). The van der Waals surface area contributed by atoms with E-state index in [2.05, 4.69) is 20.2 Å². The van der Waals surface area contributed by atoms with E-state index in [9.17, 15) is 14.7 Å². The predicted octanol–water partition coefficient (Wildman–Crippen LogP) is 2.62. The molecule has 0 atom stereocenters. The number of likely N-dealkylation sites (tertiary alicyclic amines) is 1. The number of amides is 1. The highest BCUT2D eigenvalue weighted by Gasteiger charge is 2.20. The molecule has 3 aromatic rings. The van der Waals surface area contributed by atoms with E-state index in [4.69, 9.17) is 5.73 Å². The van der Waals surface area contributed by atoms with Crippen molar-refractivity contribution in [2.24, 2.45) is 0 Å². The number of nitrogen functional groups attached to an aromatic ring is 1. The first-order chi connectivity index (χ1) is 15.5. The zero-order valence-corrected chi connectivity index (χ0v) is 17.6. The first kappa shape index (κ1) is 21.6. The van der Waals surface area contributed by atoms with E-state index < -0.39 is 5.91 Å². The van der Waals surface area contributed by atoms with E-state index in [1.807, 2.05) is 18.2 Å². The monoisotopic (exact) mass is 431 g/mol. The van der Waals surface area contributed by atoms with Gasteiger partial charge in [0.05, 0.1) is 24.5 Å². The second kappa shape index (κ2) is 9.67. The summed E-state index contributed by atoms with van der Waals surface area (Å²) in [4.78, 5) is 35.8. The summed E-state index contributed by atoms with van der Waals surface area (Å²) in [6, 6.07) is 16.1.